The Morgan fingerprint density at radius 2 is 2.12 bits per heavy atom. The van der Waals surface area contributed by atoms with Crippen LogP contribution in [0.3, 0.4) is 0 Å². The Morgan fingerprint density at radius 1 is 1.50 bits per heavy atom. The fourth-order valence-electron chi connectivity index (χ4n) is 1.59. The van der Waals surface area contributed by atoms with Gasteiger partial charge in [-0.1, -0.05) is 36.5 Å². The van der Waals surface area contributed by atoms with Crippen molar-refractivity contribution in [3.63, 3.8) is 0 Å². The van der Waals surface area contributed by atoms with Crippen molar-refractivity contribution in [2.24, 2.45) is 0 Å². The van der Waals surface area contributed by atoms with Crippen LogP contribution >= 0.6 is 23.2 Å². The second kappa shape index (κ2) is 5.41. The van der Waals surface area contributed by atoms with E-state index in [1.54, 1.807) is 6.07 Å². The van der Waals surface area contributed by atoms with Gasteiger partial charge in [-0.25, -0.2) is 0 Å². The Balaban J connectivity index is 3.23. The number of anilines is 1. The topological polar surface area (TPSA) is 63.3 Å². The number of halogens is 2. The molecule has 0 amide bonds. The van der Waals surface area contributed by atoms with Gasteiger partial charge in [-0.3, -0.25) is 4.79 Å². The summed E-state index contributed by atoms with van der Waals surface area (Å²) in [5, 5.41) is 9.82. The van der Waals surface area contributed by atoms with Gasteiger partial charge in [0.05, 0.1) is 16.6 Å². The third-order valence-electron chi connectivity index (χ3n) is 2.38. The molecular formula is C11H13Cl2NO2. The van der Waals surface area contributed by atoms with E-state index in [9.17, 15) is 4.79 Å². The first-order valence-corrected chi connectivity index (χ1v) is 5.70. The van der Waals surface area contributed by atoms with Crippen molar-refractivity contribution in [2.75, 3.05) is 5.73 Å². The summed E-state index contributed by atoms with van der Waals surface area (Å²) in [4.78, 5) is 11.1. The van der Waals surface area contributed by atoms with Crippen molar-refractivity contribution in [1.82, 2.24) is 0 Å². The maximum Gasteiger partial charge on any atom is 0.311 e. The molecule has 0 heterocycles. The minimum absolute atomic E-state index is 0.296. The zero-order chi connectivity index (χ0) is 12.3. The summed E-state index contributed by atoms with van der Waals surface area (Å²) >= 11 is 11.7. The Kier molecular flexibility index (Phi) is 4.44. The van der Waals surface area contributed by atoms with E-state index in [0.717, 1.165) is 6.42 Å². The number of hydrogen-bond acceptors (Lipinski definition) is 2. The highest BCUT2D eigenvalue weighted by molar-refractivity contribution is 6.36. The fraction of sp³-hybridized carbons (Fsp3) is 0.364. The monoisotopic (exact) mass is 261 g/mol. The van der Waals surface area contributed by atoms with Gasteiger partial charge < -0.3 is 10.8 Å². The van der Waals surface area contributed by atoms with Gasteiger partial charge >= 0.3 is 5.97 Å². The van der Waals surface area contributed by atoms with Crippen LogP contribution < -0.4 is 5.73 Å². The normalized spacial score (nSPS) is 12.4. The summed E-state index contributed by atoms with van der Waals surface area (Å²) in [7, 11) is 0. The Labute approximate surface area is 104 Å². The van der Waals surface area contributed by atoms with E-state index < -0.39 is 11.9 Å². The number of rotatable bonds is 4. The van der Waals surface area contributed by atoms with Crippen LogP contribution in [-0.4, -0.2) is 11.1 Å². The first-order valence-electron chi connectivity index (χ1n) is 4.94. The molecule has 1 aromatic carbocycles. The minimum atomic E-state index is -0.910. The highest BCUT2D eigenvalue weighted by Crippen LogP contribution is 2.34. The van der Waals surface area contributed by atoms with Crippen molar-refractivity contribution < 1.29 is 9.90 Å². The van der Waals surface area contributed by atoms with Crippen LogP contribution in [0.4, 0.5) is 5.69 Å². The number of hydrogen-bond donors (Lipinski definition) is 2. The van der Waals surface area contributed by atoms with E-state index in [0.29, 0.717) is 27.7 Å². The zero-order valence-electron chi connectivity index (χ0n) is 8.84. The molecule has 88 valence electrons. The second-order valence-electron chi connectivity index (χ2n) is 3.57. The van der Waals surface area contributed by atoms with Gasteiger partial charge in [0, 0.05) is 5.02 Å². The molecule has 1 aromatic rings. The summed E-state index contributed by atoms with van der Waals surface area (Å²) < 4.78 is 0. The van der Waals surface area contributed by atoms with E-state index in [2.05, 4.69) is 0 Å². The third-order valence-corrected chi connectivity index (χ3v) is 2.91. The Hall–Kier alpha value is -0.930. The molecule has 1 unspecified atom stereocenters. The van der Waals surface area contributed by atoms with Crippen molar-refractivity contribution in [3.8, 4) is 0 Å². The molecule has 1 rings (SSSR count). The van der Waals surface area contributed by atoms with Crippen molar-refractivity contribution >= 4 is 34.9 Å². The number of aliphatic carboxylic acids is 1. The van der Waals surface area contributed by atoms with E-state index in [4.69, 9.17) is 34.0 Å². The van der Waals surface area contributed by atoms with E-state index in [1.165, 1.54) is 6.07 Å². The first kappa shape index (κ1) is 13.1. The molecule has 0 radical (unpaired) electrons. The fourth-order valence-corrected chi connectivity index (χ4v) is 2.10. The molecule has 5 heteroatoms. The van der Waals surface area contributed by atoms with Crippen molar-refractivity contribution in [2.45, 2.75) is 25.7 Å². The van der Waals surface area contributed by atoms with Crippen LogP contribution in [0.25, 0.3) is 0 Å². The quantitative estimate of drug-likeness (QED) is 0.815. The molecule has 3 nitrogen and oxygen atoms in total. The number of benzene rings is 1. The molecule has 1 atom stereocenters. The Morgan fingerprint density at radius 3 is 2.62 bits per heavy atom. The largest absolute Gasteiger partial charge is 0.481 e. The first-order chi connectivity index (χ1) is 7.47. The van der Waals surface area contributed by atoms with Crippen molar-refractivity contribution in [3.05, 3.63) is 27.7 Å². The molecule has 0 aromatic heterocycles. The third kappa shape index (κ3) is 2.80. The molecule has 0 aliphatic heterocycles. The lowest BCUT2D eigenvalue weighted by atomic mass is 9.93. The minimum Gasteiger partial charge on any atom is -0.481 e. The van der Waals surface area contributed by atoms with Crippen LogP contribution in [-0.2, 0) is 4.79 Å². The van der Waals surface area contributed by atoms with Crippen LogP contribution in [0.5, 0.6) is 0 Å². The highest BCUT2D eigenvalue weighted by atomic mass is 35.5. The maximum absolute atomic E-state index is 11.1. The highest BCUT2D eigenvalue weighted by Gasteiger charge is 2.22. The molecule has 0 aliphatic carbocycles. The van der Waals surface area contributed by atoms with Crippen LogP contribution in [0.15, 0.2) is 12.1 Å². The van der Waals surface area contributed by atoms with Gasteiger partial charge in [-0.15, -0.1) is 0 Å². The number of nitrogens with two attached hydrogens (primary N) is 1. The second-order valence-corrected chi connectivity index (χ2v) is 4.41. The molecule has 0 fully saturated rings. The van der Waals surface area contributed by atoms with E-state index in [1.807, 2.05) is 6.92 Å². The molecule has 0 saturated heterocycles. The summed E-state index contributed by atoms with van der Waals surface area (Å²) in [5.41, 5.74) is 6.56. The van der Waals surface area contributed by atoms with Crippen LogP contribution in [0.2, 0.25) is 10.0 Å². The molecular weight excluding hydrogens is 249 g/mol. The van der Waals surface area contributed by atoms with E-state index >= 15 is 0 Å². The molecule has 0 spiro atoms. The van der Waals surface area contributed by atoms with Gasteiger partial charge in [0.25, 0.3) is 0 Å². The van der Waals surface area contributed by atoms with Crippen molar-refractivity contribution in [1.29, 1.82) is 0 Å². The lowest BCUT2D eigenvalue weighted by Gasteiger charge is -2.15. The van der Waals surface area contributed by atoms with Crippen LogP contribution in [0, 0.1) is 0 Å². The van der Waals surface area contributed by atoms with Gasteiger partial charge in [0.2, 0.25) is 0 Å². The number of carboxylic acid groups (broad SMARTS) is 1. The standard InChI is InChI=1S/C11H13Cl2NO2/c1-2-3-7(11(15)16)8-4-6(12)5-9(13)10(8)14/h4-5,7H,2-3,14H2,1H3,(H,15,16). The number of nitrogen functional groups attached to an aromatic ring is 1. The molecule has 0 bridgehead atoms. The van der Waals surface area contributed by atoms with Gasteiger partial charge in [-0.05, 0) is 24.1 Å². The predicted octanol–water partition coefficient (Wildman–Crippen LogP) is 3.54. The molecule has 0 aliphatic rings. The SMILES string of the molecule is CCCC(C(=O)O)c1cc(Cl)cc(Cl)c1N. The molecule has 0 saturated carbocycles. The number of carbonyl (C=O) groups is 1. The lowest BCUT2D eigenvalue weighted by Crippen LogP contribution is -2.13. The van der Waals surface area contributed by atoms with Crippen LogP contribution in [0.1, 0.15) is 31.2 Å². The lowest BCUT2D eigenvalue weighted by molar-refractivity contribution is -0.139. The smallest absolute Gasteiger partial charge is 0.311 e. The average molecular weight is 262 g/mol. The summed E-state index contributed by atoms with van der Waals surface area (Å²) in [6.45, 7) is 1.91. The van der Waals surface area contributed by atoms with E-state index in [-0.39, 0.29) is 0 Å². The average Bonchev–Trinajstić information content (AvgIpc) is 2.20. The number of carboxylic acids is 1. The zero-order valence-corrected chi connectivity index (χ0v) is 10.3. The van der Waals surface area contributed by atoms with Gasteiger partial charge in [0.1, 0.15) is 0 Å². The Bertz CT molecular complexity index is 407. The summed E-state index contributed by atoms with van der Waals surface area (Å²) in [6, 6.07) is 3.07. The van der Waals surface area contributed by atoms with Gasteiger partial charge in [0.15, 0.2) is 0 Å². The summed E-state index contributed by atoms with van der Waals surface area (Å²) in [5.74, 6) is -1.56. The summed E-state index contributed by atoms with van der Waals surface area (Å²) in [6.07, 6.45) is 1.26. The maximum atomic E-state index is 11.1. The molecule has 16 heavy (non-hydrogen) atoms. The molecule has 3 N–H and O–H groups in total. The van der Waals surface area contributed by atoms with Gasteiger partial charge in [-0.2, -0.15) is 0 Å². The predicted molar refractivity (Wildman–Crippen MR) is 66.2 cm³/mol.